The average Bonchev–Trinajstić information content (AvgIpc) is 3.53. The fraction of sp³-hybridized carbons (Fsp3) is 0.877. The van der Waals surface area contributed by atoms with Crippen molar-refractivity contribution in [1.82, 2.24) is 5.32 Å². The maximum absolute atomic E-state index is 12.5. The molecular formula is C81H153NO5. The van der Waals surface area contributed by atoms with Crippen LogP contribution in [0, 0.1) is 0 Å². The van der Waals surface area contributed by atoms with Crippen LogP contribution in [0.1, 0.15) is 431 Å². The molecule has 0 heterocycles. The van der Waals surface area contributed by atoms with Crippen LogP contribution in [0.4, 0.5) is 0 Å². The van der Waals surface area contributed by atoms with Gasteiger partial charge in [-0.25, -0.2) is 0 Å². The number of amides is 1. The summed E-state index contributed by atoms with van der Waals surface area (Å²) < 4.78 is 5.52. The van der Waals surface area contributed by atoms with Crippen molar-refractivity contribution in [2.75, 3.05) is 13.2 Å². The van der Waals surface area contributed by atoms with Gasteiger partial charge in [-0.05, 0) is 89.9 Å². The molecule has 1 amide bonds. The fourth-order valence-corrected chi connectivity index (χ4v) is 12.3. The molecule has 0 radical (unpaired) electrons. The number of ether oxygens (including phenoxy) is 1. The van der Waals surface area contributed by atoms with Crippen molar-refractivity contribution >= 4 is 11.9 Å². The molecule has 2 atom stereocenters. The Balaban J connectivity index is 3.36. The highest BCUT2D eigenvalue weighted by Gasteiger charge is 2.18. The maximum Gasteiger partial charge on any atom is 0.305 e. The Morgan fingerprint density at radius 2 is 0.575 bits per heavy atom. The number of hydrogen-bond donors (Lipinski definition) is 3. The minimum absolute atomic E-state index is 0.0186. The third-order valence-corrected chi connectivity index (χ3v) is 18.3. The fourth-order valence-electron chi connectivity index (χ4n) is 12.3. The minimum atomic E-state index is -0.842. The highest BCUT2D eigenvalue weighted by atomic mass is 16.5. The smallest absolute Gasteiger partial charge is 0.305 e. The predicted octanol–water partition coefficient (Wildman–Crippen LogP) is 26.0. The van der Waals surface area contributed by atoms with E-state index in [2.05, 4.69) is 55.6 Å². The van der Waals surface area contributed by atoms with Gasteiger partial charge in [0, 0.05) is 12.8 Å². The topological polar surface area (TPSA) is 95.9 Å². The Morgan fingerprint density at radius 1 is 0.322 bits per heavy atom. The predicted molar refractivity (Wildman–Crippen MR) is 384 cm³/mol. The second kappa shape index (κ2) is 76.3. The first kappa shape index (κ1) is 84.8. The molecule has 0 aliphatic heterocycles. The van der Waals surface area contributed by atoms with E-state index in [1.54, 1.807) is 6.08 Å². The van der Waals surface area contributed by atoms with Gasteiger partial charge in [0.15, 0.2) is 0 Å². The first-order valence-electron chi connectivity index (χ1n) is 39.4. The number of carbonyl (C=O) groups is 2. The van der Waals surface area contributed by atoms with E-state index >= 15 is 0 Å². The van der Waals surface area contributed by atoms with E-state index in [0.29, 0.717) is 19.4 Å². The third-order valence-electron chi connectivity index (χ3n) is 18.3. The zero-order valence-corrected chi connectivity index (χ0v) is 58.8. The molecule has 6 nitrogen and oxygen atoms in total. The molecule has 2 unspecified atom stereocenters. The van der Waals surface area contributed by atoms with Crippen LogP contribution >= 0.6 is 0 Å². The number of hydrogen-bond acceptors (Lipinski definition) is 5. The van der Waals surface area contributed by atoms with Crippen LogP contribution in [0.25, 0.3) is 0 Å². The lowest BCUT2D eigenvalue weighted by Crippen LogP contribution is -2.45. The van der Waals surface area contributed by atoms with Crippen LogP contribution in [-0.4, -0.2) is 47.4 Å². The molecular weight excluding hydrogens is 1070 g/mol. The monoisotopic (exact) mass is 1220 g/mol. The quantitative estimate of drug-likeness (QED) is 0.0320. The second-order valence-corrected chi connectivity index (χ2v) is 27.0. The molecule has 0 aromatic heterocycles. The van der Waals surface area contributed by atoms with Crippen molar-refractivity contribution in [2.24, 2.45) is 0 Å². The van der Waals surface area contributed by atoms with Crippen molar-refractivity contribution in [3.63, 3.8) is 0 Å². The molecule has 0 spiro atoms. The molecule has 0 rings (SSSR count). The van der Waals surface area contributed by atoms with Crippen LogP contribution in [0.15, 0.2) is 48.6 Å². The van der Waals surface area contributed by atoms with E-state index in [-0.39, 0.29) is 18.5 Å². The third kappa shape index (κ3) is 72.8. The highest BCUT2D eigenvalue weighted by molar-refractivity contribution is 5.76. The van der Waals surface area contributed by atoms with Gasteiger partial charge in [-0.2, -0.15) is 0 Å². The number of rotatable bonds is 74. The summed E-state index contributed by atoms with van der Waals surface area (Å²) in [6.45, 7) is 4.93. The first-order valence-corrected chi connectivity index (χ1v) is 39.4. The van der Waals surface area contributed by atoms with Gasteiger partial charge in [-0.1, -0.05) is 377 Å². The maximum atomic E-state index is 12.5. The molecule has 0 aromatic carbocycles. The standard InChI is InChI=1S/C81H153NO5/c1-3-5-7-9-11-13-15-17-19-20-40-44-47-51-55-59-63-67-71-75-81(86)87-76-72-68-64-60-56-52-48-45-42-39-37-35-33-31-29-27-25-23-21-22-24-26-28-30-32-34-36-38-41-43-46-50-54-58-62-66-70-74-80(85)82-78(77-83)79(84)73-69-65-61-57-53-49-18-16-14-12-10-8-6-4-2/h17,19,21,23,27,29,69,73,78-79,83-84H,3-16,18,20,22,24-26,28,30-68,70-72,74-77H2,1-2H3,(H,82,85)/b19-17-,23-21-,29-27-,73-69+. The molecule has 0 aliphatic rings. The molecule has 0 aromatic rings. The van der Waals surface area contributed by atoms with Crippen LogP contribution in [0.2, 0.25) is 0 Å². The van der Waals surface area contributed by atoms with Gasteiger partial charge >= 0.3 is 5.97 Å². The number of allylic oxidation sites excluding steroid dienone is 7. The minimum Gasteiger partial charge on any atom is -0.466 e. The molecule has 0 fully saturated rings. The summed E-state index contributed by atoms with van der Waals surface area (Å²) in [4.78, 5) is 24.6. The van der Waals surface area contributed by atoms with Gasteiger partial charge in [0.1, 0.15) is 0 Å². The Hall–Kier alpha value is -2.18. The van der Waals surface area contributed by atoms with Crippen LogP contribution in [0.3, 0.4) is 0 Å². The van der Waals surface area contributed by atoms with Crippen LogP contribution < -0.4 is 5.32 Å². The number of esters is 1. The summed E-state index contributed by atoms with van der Waals surface area (Å²) in [7, 11) is 0. The first-order chi connectivity index (χ1) is 43.0. The number of unbranched alkanes of at least 4 members (excludes halogenated alkanes) is 57. The van der Waals surface area contributed by atoms with Gasteiger partial charge < -0.3 is 20.3 Å². The second-order valence-electron chi connectivity index (χ2n) is 27.0. The average molecular weight is 1220 g/mol. The van der Waals surface area contributed by atoms with E-state index < -0.39 is 12.1 Å². The largest absolute Gasteiger partial charge is 0.466 e. The van der Waals surface area contributed by atoms with Gasteiger partial charge in [-0.3, -0.25) is 9.59 Å². The molecule has 0 saturated heterocycles. The van der Waals surface area contributed by atoms with Crippen molar-refractivity contribution in [1.29, 1.82) is 0 Å². The molecule has 0 saturated carbocycles. The Morgan fingerprint density at radius 3 is 0.885 bits per heavy atom. The van der Waals surface area contributed by atoms with Gasteiger partial charge in [-0.15, -0.1) is 0 Å². The van der Waals surface area contributed by atoms with Crippen molar-refractivity contribution in [2.45, 2.75) is 443 Å². The molecule has 3 N–H and O–H groups in total. The molecule has 0 aliphatic carbocycles. The molecule has 512 valence electrons. The number of aliphatic hydroxyl groups excluding tert-OH is 2. The highest BCUT2D eigenvalue weighted by Crippen LogP contribution is 2.19. The lowest BCUT2D eigenvalue weighted by Gasteiger charge is -2.20. The van der Waals surface area contributed by atoms with Crippen molar-refractivity contribution < 1.29 is 24.5 Å². The van der Waals surface area contributed by atoms with Gasteiger partial charge in [0.05, 0.1) is 25.4 Å². The van der Waals surface area contributed by atoms with E-state index in [1.165, 1.54) is 360 Å². The number of carbonyl (C=O) groups excluding carboxylic acids is 2. The van der Waals surface area contributed by atoms with E-state index in [0.717, 1.165) is 44.9 Å². The normalized spacial score (nSPS) is 12.7. The molecule has 6 heteroatoms. The zero-order chi connectivity index (χ0) is 62.8. The summed E-state index contributed by atoms with van der Waals surface area (Å²) in [6.07, 6.45) is 101. The SMILES string of the molecule is CCCCCCCC/C=C\CCCCCCCCCCCC(=O)OCCCCCCCCCCCCCCC/C=C\C/C=C\CCCCCCCCCCCCCCCCCCCC(=O)NC(CO)C(O)/C=C/CCCCCCCCCCCCCC. The number of nitrogens with one attached hydrogen (secondary N) is 1. The summed E-state index contributed by atoms with van der Waals surface area (Å²) in [5.74, 6) is -0.0448. The summed E-state index contributed by atoms with van der Waals surface area (Å²) >= 11 is 0. The Bertz CT molecular complexity index is 1450. The molecule has 0 bridgehead atoms. The zero-order valence-electron chi connectivity index (χ0n) is 58.8. The van der Waals surface area contributed by atoms with Gasteiger partial charge in [0.25, 0.3) is 0 Å². The molecule has 87 heavy (non-hydrogen) atoms. The lowest BCUT2D eigenvalue weighted by atomic mass is 10.0. The van der Waals surface area contributed by atoms with Crippen LogP contribution in [0.5, 0.6) is 0 Å². The summed E-state index contributed by atoms with van der Waals surface area (Å²) in [6, 6.07) is -0.626. The van der Waals surface area contributed by atoms with E-state index in [9.17, 15) is 19.8 Å². The summed E-state index contributed by atoms with van der Waals surface area (Å²) in [5, 5.41) is 23.2. The van der Waals surface area contributed by atoms with E-state index in [4.69, 9.17) is 4.74 Å². The van der Waals surface area contributed by atoms with Crippen molar-refractivity contribution in [3.05, 3.63) is 48.6 Å². The Labute approximate surface area is 544 Å². The Kier molecular flexibility index (Phi) is 74.4. The van der Waals surface area contributed by atoms with E-state index in [1.807, 2.05) is 6.08 Å². The van der Waals surface area contributed by atoms with Crippen molar-refractivity contribution in [3.8, 4) is 0 Å². The lowest BCUT2D eigenvalue weighted by molar-refractivity contribution is -0.143. The van der Waals surface area contributed by atoms with Crippen LogP contribution in [-0.2, 0) is 14.3 Å². The summed E-state index contributed by atoms with van der Waals surface area (Å²) in [5.41, 5.74) is 0. The number of aliphatic hydroxyl groups is 2. The van der Waals surface area contributed by atoms with Gasteiger partial charge in [0.2, 0.25) is 5.91 Å².